The van der Waals surface area contributed by atoms with Crippen LogP contribution in [0.15, 0.2) is 29.3 Å². The summed E-state index contributed by atoms with van der Waals surface area (Å²) < 4.78 is 0. The highest BCUT2D eigenvalue weighted by atomic mass is 127. The molecule has 0 aliphatic carbocycles. The van der Waals surface area contributed by atoms with Crippen LogP contribution in [-0.4, -0.2) is 56.1 Å². The normalized spacial score (nSPS) is 16.2. The van der Waals surface area contributed by atoms with E-state index in [0.717, 1.165) is 37.2 Å². The van der Waals surface area contributed by atoms with Gasteiger partial charge in [0, 0.05) is 25.2 Å². The largest absolute Gasteiger partial charge is 0.356 e. The Hall–Kier alpha value is -0.180. The Labute approximate surface area is 184 Å². The number of hydrogen-bond acceptors (Lipinski definition) is 3. The van der Waals surface area contributed by atoms with E-state index in [1.165, 1.54) is 37.0 Å². The molecule has 1 atom stereocenters. The van der Waals surface area contributed by atoms with Gasteiger partial charge < -0.3 is 10.6 Å². The maximum absolute atomic E-state index is 6.22. The number of nitrogens with zero attached hydrogens (tertiary/aromatic N) is 2. The first-order valence-corrected chi connectivity index (χ1v) is 10.9. The number of unbranched alkanes of at least 4 members (excludes halogenated alkanes) is 1. The molecule has 1 aliphatic rings. The zero-order valence-corrected chi connectivity index (χ0v) is 19.7. The molecule has 0 aromatic heterocycles. The lowest BCUT2D eigenvalue weighted by Gasteiger charge is -2.29. The number of rotatable bonds is 9. The Balaban J connectivity index is 0.00000338. The molecule has 1 unspecified atom stereocenters. The molecule has 0 saturated carbocycles. The van der Waals surface area contributed by atoms with Crippen LogP contribution in [0.2, 0.25) is 5.02 Å². The molecular weight excluding hydrogens is 479 g/mol. The van der Waals surface area contributed by atoms with Crippen LogP contribution in [0, 0.1) is 0 Å². The average Bonchev–Trinajstić information content (AvgIpc) is 3.14. The van der Waals surface area contributed by atoms with Crippen LogP contribution in [-0.2, 0) is 0 Å². The number of halogens is 2. The molecule has 2 N–H and O–H groups in total. The summed E-state index contributed by atoms with van der Waals surface area (Å²) in [6, 6.07) is 8.57. The smallest absolute Gasteiger partial charge is 0.191 e. The first-order chi connectivity index (χ1) is 12.2. The van der Waals surface area contributed by atoms with Gasteiger partial charge in [-0.3, -0.25) is 9.89 Å². The molecule has 1 aliphatic heterocycles. The first kappa shape index (κ1) is 23.9. The molecule has 0 radical (unpaired) electrons. The van der Waals surface area contributed by atoms with Gasteiger partial charge in [0.05, 0.1) is 6.04 Å². The molecular formula is C19H32ClIN4S. The highest BCUT2D eigenvalue weighted by molar-refractivity contribution is 14.0. The molecule has 1 heterocycles. The number of hydrogen-bond donors (Lipinski definition) is 2. The van der Waals surface area contributed by atoms with Crippen molar-refractivity contribution in [1.29, 1.82) is 0 Å². The second-order valence-electron chi connectivity index (χ2n) is 6.39. The fourth-order valence-electron chi connectivity index (χ4n) is 3.22. The predicted octanol–water partition coefficient (Wildman–Crippen LogP) is 4.40. The summed E-state index contributed by atoms with van der Waals surface area (Å²) >= 11 is 8.12. The van der Waals surface area contributed by atoms with E-state index in [9.17, 15) is 0 Å². The van der Waals surface area contributed by atoms with E-state index in [0.29, 0.717) is 6.04 Å². The third kappa shape index (κ3) is 8.23. The topological polar surface area (TPSA) is 39.7 Å². The van der Waals surface area contributed by atoms with Crippen LogP contribution in [0.5, 0.6) is 0 Å². The average molecular weight is 511 g/mol. The number of aliphatic imine (C=N–C) groups is 1. The molecule has 1 saturated heterocycles. The maximum Gasteiger partial charge on any atom is 0.191 e. The van der Waals surface area contributed by atoms with Crippen LogP contribution in [0.25, 0.3) is 0 Å². The summed E-state index contributed by atoms with van der Waals surface area (Å²) in [4.78, 5) is 6.91. The molecule has 2 rings (SSSR count). The van der Waals surface area contributed by atoms with Crippen molar-refractivity contribution in [2.45, 2.75) is 31.7 Å². The molecule has 1 aromatic carbocycles. The zero-order chi connectivity index (χ0) is 17.9. The van der Waals surface area contributed by atoms with Gasteiger partial charge >= 0.3 is 0 Å². The van der Waals surface area contributed by atoms with Crippen molar-refractivity contribution in [3.05, 3.63) is 34.9 Å². The van der Waals surface area contributed by atoms with Crippen molar-refractivity contribution in [3.8, 4) is 0 Å². The van der Waals surface area contributed by atoms with Gasteiger partial charge in [0.25, 0.3) is 0 Å². The van der Waals surface area contributed by atoms with Gasteiger partial charge in [-0.25, -0.2) is 0 Å². The highest BCUT2D eigenvalue weighted by Crippen LogP contribution is 2.26. The number of nitrogens with one attached hydrogen (secondary N) is 2. The Morgan fingerprint density at radius 2 is 2.04 bits per heavy atom. The van der Waals surface area contributed by atoms with E-state index >= 15 is 0 Å². The second kappa shape index (κ2) is 13.9. The van der Waals surface area contributed by atoms with E-state index in [-0.39, 0.29) is 24.0 Å². The van der Waals surface area contributed by atoms with E-state index in [4.69, 9.17) is 11.6 Å². The third-order valence-electron chi connectivity index (χ3n) is 4.57. The minimum Gasteiger partial charge on any atom is -0.356 e. The van der Waals surface area contributed by atoms with Crippen molar-refractivity contribution in [1.82, 2.24) is 15.5 Å². The number of likely N-dealkylation sites (tertiary alicyclic amines) is 1. The lowest BCUT2D eigenvalue weighted by atomic mass is 10.1. The standard InChI is InChI=1S/C19H31ClN4S.HI/c1-21-19(22-10-3-6-13-25-2)23-15-18(24-11-4-5-12-24)16-8-7-9-17(20)14-16;/h7-9,14,18H,3-6,10-13,15H2,1-2H3,(H2,21,22,23);1H. The zero-order valence-electron chi connectivity index (χ0n) is 15.8. The van der Waals surface area contributed by atoms with E-state index in [2.05, 4.69) is 38.9 Å². The van der Waals surface area contributed by atoms with Gasteiger partial charge in [0.15, 0.2) is 5.96 Å². The van der Waals surface area contributed by atoms with Crippen molar-refractivity contribution in [3.63, 3.8) is 0 Å². The minimum absolute atomic E-state index is 0. The lowest BCUT2D eigenvalue weighted by molar-refractivity contribution is 0.245. The van der Waals surface area contributed by atoms with Gasteiger partial charge in [-0.2, -0.15) is 11.8 Å². The van der Waals surface area contributed by atoms with E-state index in [1.807, 2.05) is 30.9 Å². The summed E-state index contributed by atoms with van der Waals surface area (Å²) in [5.74, 6) is 2.11. The van der Waals surface area contributed by atoms with Gasteiger partial charge in [-0.05, 0) is 68.5 Å². The van der Waals surface area contributed by atoms with Crippen LogP contribution in [0.4, 0.5) is 0 Å². The molecule has 4 nitrogen and oxygen atoms in total. The maximum atomic E-state index is 6.22. The molecule has 1 fully saturated rings. The van der Waals surface area contributed by atoms with Crippen molar-refractivity contribution in [2.24, 2.45) is 4.99 Å². The monoisotopic (exact) mass is 510 g/mol. The summed E-state index contributed by atoms with van der Waals surface area (Å²) in [6.45, 7) is 4.11. The molecule has 0 amide bonds. The molecule has 148 valence electrons. The fraction of sp³-hybridized carbons (Fsp3) is 0.632. The van der Waals surface area contributed by atoms with E-state index < -0.39 is 0 Å². The molecule has 7 heteroatoms. The first-order valence-electron chi connectivity index (χ1n) is 9.17. The van der Waals surface area contributed by atoms with Crippen LogP contribution < -0.4 is 10.6 Å². The van der Waals surface area contributed by atoms with Gasteiger partial charge in [0.1, 0.15) is 0 Å². The van der Waals surface area contributed by atoms with Crippen molar-refractivity contribution in [2.75, 3.05) is 45.2 Å². The predicted molar refractivity (Wildman–Crippen MR) is 127 cm³/mol. The summed E-state index contributed by atoms with van der Waals surface area (Å²) in [5, 5.41) is 7.73. The number of guanidine groups is 1. The Bertz CT molecular complexity index is 538. The SMILES string of the molecule is CN=C(NCCCCSC)NCC(c1cccc(Cl)c1)N1CCCC1.I. The Morgan fingerprint density at radius 3 is 2.69 bits per heavy atom. The highest BCUT2D eigenvalue weighted by Gasteiger charge is 2.23. The van der Waals surface area contributed by atoms with Crippen LogP contribution >= 0.6 is 47.3 Å². The fourth-order valence-corrected chi connectivity index (χ4v) is 3.91. The molecule has 1 aromatic rings. The molecule has 26 heavy (non-hydrogen) atoms. The second-order valence-corrected chi connectivity index (χ2v) is 7.82. The lowest BCUT2D eigenvalue weighted by Crippen LogP contribution is -2.43. The van der Waals surface area contributed by atoms with Crippen LogP contribution in [0.1, 0.15) is 37.3 Å². The summed E-state index contributed by atoms with van der Waals surface area (Å²) in [5.41, 5.74) is 1.28. The Kier molecular flexibility index (Phi) is 12.8. The Morgan fingerprint density at radius 1 is 1.27 bits per heavy atom. The quantitative estimate of drug-likeness (QED) is 0.224. The molecule has 0 spiro atoms. The summed E-state index contributed by atoms with van der Waals surface area (Å²) in [6.07, 6.45) is 7.12. The van der Waals surface area contributed by atoms with Crippen molar-refractivity contribution < 1.29 is 0 Å². The van der Waals surface area contributed by atoms with Crippen molar-refractivity contribution >= 4 is 53.3 Å². The molecule has 0 bridgehead atoms. The van der Waals surface area contributed by atoms with Crippen LogP contribution in [0.3, 0.4) is 0 Å². The minimum atomic E-state index is 0. The van der Waals surface area contributed by atoms with Gasteiger partial charge in [0.2, 0.25) is 0 Å². The number of benzene rings is 1. The van der Waals surface area contributed by atoms with Gasteiger partial charge in [-0.15, -0.1) is 24.0 Å². The van der Waals surface area contributed by atoms with E-state index in [1.54, 1.807) is 0 Å². The summed E-state index contributed by atoms with van der Waals surface area (Å²) in [7, 11) is 1.83. The number of thioether (sulfide) groups is 1. The third-order valence-corrected chi connectivity index (χ3v) is 5.50. The van der Waals surface area contributed by atoms with Gasteiger partial charge in [-0.1, -0.05) is 23.7 Å².